The van der Waals surface area contributed by atoms with Gasteiger partial charge >= 0.3 is 0 Å². The van der Waals surface area contributed by atoms with E-state index in [2.05, 4.69) is 14.9 Å². The lowest BCUT2D eigenvalue weighted by molar-refractivity contribution is 0.596. The van der Waals surface area contributed by atoms with Crippen LogP contribution in [0.2, 0.25) is 5.02 Å². The van der Waals surface area contributed by atoms with Gasteiger partial charge in [-0.3, -0.25) is 9.82 Å². The lowest BCUT2D eigenvalue weighted by atomic mass is 10.2. The summed E-state index contributed by atoms with van der Waals surface area (Å²) in [5.74, 6) is 0. The molecular formula is C11H13ClN4O2S. The van der Waals surface area contributed by atoms with Crippen LogP contribution in [-0.4, -0.2) is 18.6 Å². The van der Waals surface area contributed by atoms with Crippen LogP contribution in [0.25, 0.3) is 0 Å². The zero-order valence-corrected chi connectivity index (χ0v) is 11.7. The minimum atomic E-state index is -3.78. The maximum absolute atomic E-state index is 12.2. The summed E-state index contributed by atoms with van der Waals surface area (Å²) in [5, 5.41) is 6.39. The van der Waals surface area contributed by atoms with Crippen LogP contribution in [-0.2, 0) is 16.6 Å². The van der Waals surface area contributed by atoms with E-state index in [0.29, 0.717) is 16.3 Å². The molecule has 0 radical (unpaired) electrons. The van der Waals surface area contributed by atoms with Crippen LogP contribution in [0.1, 0.15) is 11.1 Å². The van der Waals surface area contributed by atoms with E-state index in [0.717, 1.165) is 5.56 Å². The number of nitrogens with one attached hydrogen (secondary N) is 2. The first-order valence-corrected chi connectivity index (χ1v) is 7.31. The Morgan fingerprint density at radius 3 is 2.84 bits per heavy atom. The second kappa shape index (κ2) is 5.20. The molecule has 102 valence electrons. The Morgan fingerprint density at radius 2 is 2.21 bits per heavy atom. The van der Waals surface area contributed by atoms with Crippen molar-refractivity contribution in [2.75, 3.05) is 4.72 Å². The molecule has 0 aliphatic heterocycles. The fraction of sp³-hybridized carbons (Fsp3) is 0.182. The van der Waals surface area contributed by atoms with Gasteiger partial charge in [-0.1, -0.05) is 17.7 Å². The highest BCUT2D eigenvalue weighted by Gasteiger charge is 2.21. The topological polar surface area (TPSA) is 101 Å². The number of hydrogen-bond donors (Lipinski definition) is 3. The summed E-state index contributed by atoms with van der Waals surface area (Å²) >= 11 is 5.99. The van der Waals surface area contributed by atoms with Crippen LogP contribution in [0.4, 0.5) is 5.69 Å². The number of sulfonamides is 1. The Morgan fingerprint density at radius 1 is 1.47 bits per heavy atom. The van der Waals surface area contributed by atoms with Crippen molar-refractivity contribution in [1.82, 2.24) is 10.2 Å². The van der Waals surface area contributed by atoms with Crippen LogP contribution in [0.15, 0.2) is 29.4 Å². The first-order valence-electron chi connectivity index (χ1n) is 5.45. The quantitative estimate of drug-likeness (QED) is 0.799. The Kier molecular flexibility index (Phi) is 3.79. The van der Waals surface area contributed by atoms with E-state index < -0.39 is 10.0 Å². The van der Waals surface area contributed by atoms with E-state index in [4.69, 9.17) is 17.3 Å². The van der Waals surface area contributed by atoms with Crippen molar-refractivity contribution in [3.63, 3.8) is 0 Å². The predicted molar refractivity (Wildman–Crippen MR) is 73.5 cm³/mol. The lowest BCUT2D eigenvalue weighted by Crippen LogP contribution is -2.16. The zero-order chi connectivity index (χ0) is 14.0. The highest BCUT2D eigenvalue weighted by molar-refractivity contribution is 7.92. The van der Waals surface area contributed by atoms with Crippen molar-refractivity contribution in [3.8, 4) is 0 Å². The molecule has 0 fully saturated rings. The second-order valence-electron chi connectivity index (χ2n) is 4.02. The average molecular weight is 301 g/mol. The Bertz CT molecular complexity index is 696. The standard InChI is InChI=1S/C11H13ClN4O2S/c1-7-2-3-10(9(12)4-7)16-19(17,18)11-8(5-13)6-14-15-11/h2-4,6,16H,5,13H2,1H3,(H,14,15). The number of benzene rings is 1. The van der Waals surface area contributed by atoms with Crippen molar-refractivity contribution in [3.05, 3.63) is 40.5 Å². The largest absolute Gasteiger partial charge is 0.326 e. The Hall–Kier alpha value is -1.57. The number of aryl methyl sites for hydroxylation is 1. The van der Waals surface area contributed by atoms with Crippen molar-refractivity contribution in [2.24, 2.45) is 5.73 Å². The van der Waals surface area contributed by atoms with Crippen molar-refractivity contribution in [1.29, 1.82) is 0 Å². The predicted octanol–water partition coefficient (Wildman–Crippen LogP) is 1.63. The van der Waals surface area contributed by atoms with Gasteiger partial charge in [0.1, 0.15) is 0 Å². The van der Waals surface area contributed by atoms with Crippen LogP contribution in [0.3, 0.4) is 0 Å². The summed E-state index contributed by atoms with van der Waals surface area (Å²) in [5.41, 5.74) is 7.12. The molecule has 0 saturated carbocycles. The number of nitrogens with zero attached hydrogens (tertiary/aromatic N) is 1. The van der Waals surface area contributed by atoms with Crippen molar-refractivity contribution in [2.45, 2.75) is 18.5 Å². The summed E-state index contributed by atoms with van der Waals surface area (Å²) in [6.07, 6.45) is 1.38. The van der Waals surface area contributed by atoms with Gasteiger partial charge < -0.3 is 5.73 Å². The molecule has 2 aromatic rings. The third-order valence-electron chi connectivity index (χ3n) is 2.54. The number of H-pyrrole nitrogens is 1. The number of rotatable bonds is 4. The SMILES string of the molecule is Cc1ccc(NS(=O)(=O)c2[nH]ncc2CN)c(Cl)c1. The van der Waals surface area contributed by atoms with Gasteiger partial charge in [0.05, 0.1) is 16.9 Å². The number of aromatic nitrogens is 2. The van der Waals surface area contributed by atoms with Crippen LogP contribution < -0.4 is 10.5 Å². The molecule has 0 saturated heterocycles. The van der Waals surface area contributed by atoms with Crippen LogP contribution >= 0.6 is 11.6 Å². The molecule has 1 heterocycles. The molecule has 2 rings (SSSR count). The molecule has 0 amide bonds. The number of aromatic amines is 1. The van der Waals surface area contributed by atoms with E-state index in [-0.39, 0.29) is 11.6 Å². The molecule has 0 bridgehead atoms. The third kappa shape index (κ3) is 2.89. The maximum atomic E-state index is 12.2. The number of anilines is 1. The minimum Gasteiger partial charge on any atom is -0.326 e. The fourth-order valence-corrected chi connectivity index (χ4v) is 3.14. The number of halogens is 1. The molecule has 0 spiro atoms. The van der Waals surface area contributed by atoms with Gasteiger partial charge in [0.25, 0.3) is 10.0 Å². The summed E-state index contributed by atoms with van der Waals surface area (Å²) in [4.78, 5) is 0. The third-order valence-corrected chi connectivity index (χ3v) is 4.23. The first kappa shape index (κ1) is 13.9. The first-order chi connectivity index (χ1) is 8.94. The molecule has 1 aromatic carbocycles. The normalized spacial score (nSPS) is 11.5. The van der Waals surface area contributed by atoms with Gasteiger partial charge in [0, 0.05) is 12.1 Å². The van der Waals surface area contributed by atoms with Gasteiger partial charge in [0.2, 0.25) is 0 Å². The van der Waals surface area contributed by atoms with Gasteiger partial charge in [-0.15, -0.1) is 0 Å². The molecule has 19 heavy (non-hydrogen) atoms. The maximum Gasteiger partial charge on any atom is 0.279 e. The van der Waals surface area contributed by atoms with Gasteiger partial charge in [0.15, 0.2) is 5.03 Å². The second-order valence-corrected chi connectivity index (χ2v) is 6.04. The van der Waals surface area contributed by atoms with Gasteiger partial charge in [-0.25, -0.2) is 0 Å². The molecule has 1 aromatic heterocycles. The van der Waals surface area contributed by atoms with E-state index >= 15 is 0 Å². The molecule has 0 aliphatic rings. The van der Waals surface area contributed by atoms with Crippen molar-refractivity contribution < 1.29 is 8.42 Å². The fourth-order valence-electron chi connectivity index (χ4n) is 1.58. The van der Waals surface area contributed by atoms with E-state index in [1.54, 1.807) is 18.2 Å². The minimum absolute atomic E-state index is 0.0494. The summed E-state index contributed by atoms with van der Waals surface area (Å²) < 4.78 is 26.8. The highest BCUT2D eigenvalue weighted by Crippen LogP contribution is 2.25. The number of hydrogen-bond acceptors (Lipinski definition) is 4. The monoisotopic (exact) mass is 300 g/mol. The lowest BCUT2D eigenvalue weighted by Gasteiger charge is -2.09. The Balaban J connectivity index is 2.37. The average Bonchev–Trinajstić information content (AvgIpc) is 2.82. The molecule has 6 nitrogen and oxygen atoms in total. The van der Waals surface area contributed by atoms with E-state index in [9.17, 15) is 8.42 Å². The highest BCUT2D eigenvalue weighted by atomic mass is 35.5. The summed E-state index contributed by atoms with van der Waals surface area (Å²) in [6, 6.07) is 5.05. The Labute approximate surface area is 116 Å². The van der Waals surface area contributed by atoms with Gasteiger partial charge in [-0.2, -0.15) is 13.5 Å². The molecule has 4 N–H and O–H groups in total. The van der Waals surface area contributed by atoms with Crippen LogP contribution in [0.5, 0.6) is 0 Å². The molecule has 0 aliphatic carbocycles. The molecule has 8 heteroatoms. The van der Waals surface area contributed by atoms with Crippen LogP contribution in [0, 0.1) is 6.92 Å². The zero-order valence-electron chi connectivity index (χ0n) is 10.1. The van der Waals surface area contributed by atoms with Crippen molar-refractivity contribution >= 4 is 27.3 Å². The molecule has 0 atom stereocenters. The van der Waals surface area contributed by atoms with E-state index in [1.807, 2.05) is 6.92 Å². The molecule has 0 unspecified atom stereocenters. The summed E-state index contributed by atoms with van der Waals surface area (Å²) in [7, 11) is -3.78. The number of nitrogens with two attached hydrogens (primary N) is 1. The smallest absolute Gasteiger partial charge is 0.279 e. The van der Waals surface area contributed by atoms with E-state index in [1.165, 1.54) is 6.20 Å². The van der Waals surface area contributed by atoms with Gasteiger partial charge in [-0.05, 0) is 24.6 Å². The summed E-state index contributed by atoms with van der Waals surface area (Å²) in [6.45, 7) is 1.94. The molecular weight excluding hydrogens is 288 g/mol.